The van der Waals surface area contributed by atoms with E-state index in [9.17, 15) is 14.4 Å². The van der Waals surface area contributed by atoms with Gasteiger partial charge in [-0.2, -0.15) is 0 Å². The number of allylic oxidation sites excluding steroid dienone is 1. The van der Waals surface area contributed by atoms with Crippen LogP contribution in [0, 0.1) is 0 Å². The number of hydrogen-bond acceptors (Lipinski definition) is 5. The van der Waals surface area contributed by atoms with E-state index in [1.54, 1.807) is 31.1 Å². The first-order chi connectivity index (χ1) is 10.8. The Balaban J connectivity index is 2.68. The number of rotatable bonds is 4. The fraction of sp³-hybridized carbons (Fsp3) is 0.200. The number of nitrogens with zero attached hydrogens (tertiary/aromatic N) is 4. The summed E-state index contributed by atoms with van der Waals surface area (Å²) in [4.78, 5) is 42.2. The van der Waals surface area contributed by atoms with E-state index in [1.807, 2.05) is 0 Å². The second-order valence-corrected chi connectivity index (χ2v) is 5.37. The van der Waals surface area contributed by atoms with E-state index in [2.05, 4.69) is 4.98 Å². The molecule has 0 spiro atoms. The number of aromatic nitrogens is 3. The molecule has 0 aromatic carbocycles. The summed E-state index contributed by atoms with van der Waals surface area (Å²) in [5, 5.41) is 0.0930. The Morgan fingerprint density at radius 2 is 2.04 bits per heavy atom. The molecule has 0 aliphatic rings. The quantitative estimate of drug-likeness (QED) is 0.470. The number of pyridine rings is 1. The van der Waals surface area contributed by atoms with Gasteiger partial charge in [-0.15, -0.1) is 0 Å². The Bertz CT molecular complexity index is 896. The third-order valence-electron chi connectivity index (χ3n) is 3.07. The van der Waals surface area contributed by atoms with Crippen LogP contribution in [-0.4, -0.2) is 38.9 Å². The maximum absolute atomic E-state index is 12.3. The number of ketones is 1. The van der Waals surface area contributed by atoms with Gasteiger partial charge >= 0.3 is 5.69 Å². The average molecular weight is 335 g/mol. The molecule has 0 fully saturated rings. The standard InChI is InChI=1S/C15H15ClN4O3/c1-18(2)8-6-12(21)10-9-20(15(23)19(3)14(10)22)11-5-4-7-17-13(11)16/h4-9H,1-3H3/b8-6+. The lowest BCUT2D eigenvalue weighted by Gasteiger charge is -2.10. The molecule has 8 heteroatoms. The molecular weight excluding hydrogens is 320 g/mol. The second-order valence-electron chi connectivity index (χ2n) is 5.02. The number of halogens is 1. The van der Waals surface area contributed by atoms with Crippen LogP contribution in [0.4, 0.5) is 0 Å². The van der Waals surface area contributed by atoms with Gasteiger partial charge in [0.05, 0.1) is 5.69 Å². The van der Waals surface area contributed by atoms with Crippen molar-refractivity contribution in [3.05, 3.63) is 68.4 Å². The van der Waals surface area contributed by atoms with Crippen LogP contribution in [0.3, 0.4) is 0 Å². The van der Waals surface area contributed by atoms with Crippen LogP contribution in [0.2, 0.25) is 5.15 Å². The van der Waals surface area contributed by atoms with Gasteiger partial charge in [0, 0.05) is 45.8 Å². The number of carbonyl (C=O) groups excluding carboxylic acids is 1. The highest BCUT2D eigenvalue weighted by Gasteiger charge is 2.16. The number of hydrogen-bond donors (Lipinski definition) is 0. The molecule has 0 saturated heterocycles. The van der Waals surface area contributed by atoms with Gasteiger partial charge < -0.3 is 4.90 Å². The van der Waals surface area contributed by atoms with E-state index in [4.69, 9.17) is 11.6 Å². The van der Waals surface area contributed by atoms with Crippen LogP contribution in [0.15, 0.2) is 46.4 Å². The predicted octanol–water partition coefficient (Wildman–Crippen LogP) is 0.843. The van der Waals surface area contributed by atoms with Gasteiger partial charge in [0.25, 0.3) is 5.56 Å². The summed E-state index contributed by atoms with van der Waals surface area (Å²) in [7, 11) is 4.80. The lowest BCUT2D eigenvalue weighted by atomic mass is 10.2. The Morgan fingerprint density at radius 1 is 1.35 bits per heavy atom. The Kier molecular flexibility index (Phi) is 4.80. The lowest BCUT2D eigenvalue weighted by molar-refractivity contribution is 0.104. The predicted molar refractivity (Wildman–Crippen MR) is 87.2 cm³/mol. The molecular formula is C15H15ClN4O3. The van der Waals surface area contributed by atoms with Crippen molar-refractivity contribution in [3.63, 3.8) is 0 Å². The van der Waals surface area contributed by atoms with Crippen molar-refractivity contribution in [2.45, 2.75) is 0 Å². The zero-order valence-electron chi connectivity index (χ0n) is 12.9. The minimum atomic E-state index is -0.667. The van der Waals surface area contributed by atoms with Gasteiger partial charge in [0.1, 0.15) is 5.56 Å². The van der Waals surface area contributed by atoms with Crippen molar-refractivity contribution >= 4 is 17.4 Å². The molecule has 0 atom stereocenters. The molecule has 120 valence electrons. The molecule has 2 heterocycles. The SMILES string of the molecule is CN(C)/C=C/C(=O)c1cn(-c2cccnc2Cl)c(=O)n(C)c1=O. The molecule has 0 N–H and O–H groups in total. The Morgan fingerprint density at radius 3 is 2.65 bits per heavy atom. The molecule has 23 heavy (non-hydrogen) atoms. The topological polar surface area (TPSA) is 77.2 Å². The normalized spacial score (nSPS) is 11.0. The molecule has 2 aromatic heterocycles. The lowest BCUT2D eigenvalue weighted by Crippen LogP contribution is -2.40. The maximum atomic E-state index is 12.3. The third-order valence-corrected chi connectivity index (χ3v) is 3.37. The van der Waals surface area contributed by atoms with Crippen LogP contribution in [-0.2, 0) is 7.05 Å². The van der Waals surface area contributed by atoms with Crippen LogP contribution < -0.4 is 11.2 Å². The van der Waals surface area contributed by atoms with Gasteiger partial charge in [-0.05, 0) is 12.1 Å². The Hall–Kier alpha value is -2.67. The first kappa shape index (κ1) is 16.7. The van der Waals surface area contributed by atoms with Crippen LogP contribution in [0.5, 0.6) is 0 Å². The molecule has 7 nitrogen and oxygen atoms in total. The van der Waals surface area contributed by atoms with E-state index in [0.717, 1.165) is 9.13 Å². The summed E-state index contributed by atoms with van der Waals surface area (Å²) in [5.41, 5.74) is -1.12. The van der Waals surface area contributed by atoms with Gasteiger partial charge in [0.15, 0.2) is 10.9 Å². The van der Waals surface area contributed by atoms with Gasteiger partial charge in [-0.3, -0.25) is 18.7 Å². The largest absolute Gasteiger partial charge is 0.383 e. The van der Waals surface area contributed by atoms with Crippen LogP contribution in [0.1, 0.15) is 10.4 Å². The third kappa shape index (κ3) is 3.40. The molecule has 0 saturated carbocycles. The highest BCUT2D eigenvalue weighted by Crippen LogP contribution is 2.15. The van der Waals surface area contributed by atoms with Gasteiger partial charge in [-0.1, -0.05) is 11.6 Å². The molecule has 0 radical (unpaired) electrons. The van der Waals surface area contributed by atoms with E-state index in [0.29, 0.717) is 5.69 Å². The summed E-state index contributed by atoms with van der Waals surface area (Å²) >= 11 is 5.99. The van der Waals surface area contributed by atoms with Crippen molar-refractivity contribution in [2.24, 2.45) is 7.05 Å². The van der Waals surface area contributed by atoms with Gasteiger partial charge in [0.2, 0.25) is 0 Å². The Labute approximate surface area is 137 Å². The summed E-state index contributed by atoms with van der Waals surface area (Å²) in [5.74, 6) is -0.506. The first-order valence-electron chi connectivity index (χ1n) is 6.65. The zero-order chi connectivity index (χ0) is 17.1. The summed E-state index contributed by atoms with van der Waals surface area (Å²) in [6, 6.07) is 3.18. The zero-order valence-corrected chi connectivity index (χ0v) is 13.6. The minimum absolute atomic E-state index is 0.0930. The van der Waals surface area contributed by atoms with Crippen LogP contribution >= 0.6 is 11.6 Å². The fourth-order valence-electron chi connectivity index (χ4n) is 1.87. The average Bonchev–Trinajstić information content (AvgIpc) is 2.51. The number of carbonyl (C=O) groups is 1. The maximum Gasteiger partial charge on any atom is 0.335 e. The van der Waals surface area contributed by atoms with E-state index in [1.165, 1.54) is 31.7 Å². The summed E-state index contributed by atoms with van der Waals surface area (Å²) < 4.78 is 1.99. The molecule has 0 aliphatic carbocycles. The fourth-order valence-corrected chi connectivity index (χ4v) is 2.08. The molecule has 0 aliphatic heterocycles. The molecule has 2 rings (SSSR count). The van der Waals surface area contributed by atoms with Crippen molar-refractivity contribution in [3.8, 4) is 5.69 Å². The monoisotopic (exact) mass is 334 g/mol. The first-order valence-corrected chi connectivity index (χ1v) is 7.03. The smallest absolute Gasteiger partial charge is 0.335 e. The van der Waals surface area contributed by atoms with Crippen molar-refractivity contribution in [1.82, 2.24) is 19.0 Å². The highest BCUT2D eigenvalue weighted by molar-refractivity contribution is 6.31. The van der Waals surface area contributed by atoms with E-state index >= 15 is 0 Å². The molecule has 0 bridgehead atoms. The van der Waals surface area contributed by atoms with Crippen molar-refractivity contribution in [1.29, 1.82) is 0 Å². The molecule has 0 amide bonds. The molecule has 0 unspecified atom stereocenters. The summed E-state index contributed by atoms with van der Waals surface area (Å²) in [6.07, 6.45) is 5.45. The minimum Gasteiger partial charge on any atom is -0.383 e. The van der Waals surface area contributed by atoms with Crippen molar-refractivity contribution in [2.75, 3.05) is 14.1 Å². The second kappa shape index (κ2) is 6.62. The van der Waals surface area contributed by atoms with Crippen LogP contribution in [0.25, 0.3) is 5.69 Å². The van der Waals surface area contributed by atoms with Crippen molar-refractivity contribution < 1.29 is 4.79 Å². The molecule has 2 aromatic rings. The van der Waals surface area contributed by atoms with E-state index < -0.39 is 17.0 Å². The van der Waals surface area contributed by atoms with E-state index in [-0.39, 0.29) is 10.7 Å². The summed E-state index contributed by atoms with van der Waals surface area (Å²) in [6.45, 7) is 0. The van der Waals surface area contributed by atoms with Gasteiger partial charge in [-0.25, -0.2) is 9.78 Å². The highest BCUT2D eigenvalue weighted by atomic mass is 35.5.